The fraction of sp³-hybridized carbons (Fsp3) is 0.500. The first-order valence-corrected chi connectivity index (χ1v) is 7.94. The van der Waals surface area contributed by atoms with Gasteiger partial charge in [-0.3, -0.25) is 0 Å². The number of allylic oxidation sites excluding steroid dienone is 2. The van der Waals surface area contributed by atoms with Crippen LogP contribution in [0.2, 0.25) is 0 Å². The lowest BCUT2D eigenvalue weighted by molar-refractivity contribution is 0.471. The molecular formula is C20H24. The van der Waals surface area contributed by atoms with Gasteiger partial charge in [-0.15, -0.1) is 6.42 Å². The zero-order valence-electron chi connectivity index (χ0n) is 12.8. The molecule has 0 unspecified atom stereocenters. The predicted octanol–water partition coefficient (Wildman–Crippen LogP) is 5.46. The van der Waals surface area contributed by atoms with Gasteiger partial charge in [-0.1, -0.05) is 37.8 Å². The average molecular weight is 264 g/mol. The van der Waals surface area contributed by atoms with E-state index in [1.807, 2.05) is 0 Å². The molecule has 104 valence electrons. The number of hydrogen-bond acceptors (Lipinski definition) is 0. The van der Waals surface area contributed by atoms with Gasteiger partial charge in [0.2, 0.25) is 0 Å². The largest absolute Gasteiger partial charge is 0.115 e. The summed E-state index contributed by atoms with van der Waals surface area (Å²) in [6, 6.07) is 6.64. The lowest BCUT2D eigenvalue weighted by Gasteiger charge is -2.36. The number of terminal acetylenes is 1. The molecule has 2 aliphatic rings. The molecule has 3 rings (SSSR count). The first-order chi connectivity index (χ1) is 9.62. The van der Waals surface area contributed by atoms with Gasteiger partial charge >= 0.3 is 0 Å². The summed E-state index contributed by atoms with van der Waals surface area (Å²) in [6.45, 7) is 4.71. The van der Waals surface area contributed by atoms with Gasteiger partial charge in [-0.2, -0.15) is 0 Å². The van der Waals surface area contributed by atoms with Gasteiger partial charge in [0.25, 0.3) is 0 Å². The van der Waals surface area contributed by atoms with Crippen molar-refractivity contribution in [1.29, 1.82) is 0 Å². The molecule has 0 atom stereocenters. The molecule has 0 N–H and O–H groups in total. The van der Waals surface area contributed by atoms with Gasteiger partial charge in [-0.05, 0) is 72.8 Å². The molecule has 0 nitrogen and oxygen atoms in total. The van der Waals surface area contributed by atoms with Crippen molar-refractivity contribution in [2.45, 2.75) is 64.2 Å². The number of benzene rings is 1. The molecule has 0 amide bonds. The molecule has 1 fully saturated rings. The molecule has 2 aliphatic carbocycles. The van der Waals surface area contributed by atoms with Crippen LogP contribution in [0.3, 0.4) is 0 Å². The van der Waals surface area contributed by atoms with Gasteiger partial charge in [0.05, 0.1) is 0 Å². The molecule has 0 heteroatoms. The minimum atomic E-state index is 0.251. The molecule has 0 heterocycles. The summed E-state index contributed by atoms with van der Waals surface area (Å²) in [5, 5.41) is 0. The third-order valence-corrected chi connectivity index (χ3v) is 5.12. The topological polar surface area (TPSA) is 0 Å². The van der Waals surface area contributed by atoms with Gasteiger partial charge < -0.3 is 0 Å². The van der Waals surface area contributed by atoms with Crippen molar-refractivity contribution in [3.63, 3.8) is 0 Å². The van der Waals surface area contributed by atoms with Crippen LogP contribution in [0.1, 0.15) is 75.5 Å². The summed E-state index contributed by atoms with van der Waals surface area (Å²) < 4.78 is 0. The van der Waals surface area contributed by atoms with E-state index in [0.717, 1.165) is 5.56 Å². The van der Waals surface area contributed by atoms with Crippen LogP contribution in [-0.4, -0.2) is 0 Å². The average Bonchev–Trinajstić information content (AvgIpc) is 2.48. The molecule has 0 radical (unpaired) electrons. The highest BCUT2D eigenvalue weighted by Crippen LogP contribution is 2.45. The zero-order valence-corrected chi connectivity index (χ0v) is 12.8. The second-order valence-corrected chi connectivity index (χ2v) is 6.93. The summed E-state index contributed by atoms with van der Waals surface area (Å²) in [5.74, 6) is 2.79. The van der Waals surface area contributed by atoms with Crippen LogP contribution < -0.4 is 0 Å². The molecule has 0 spiro atoms. The van der Waals surface area contributed by atoms with Crippen molar-refractivity contribution in [3.8, 4) is 12.3 Å². The maximum atomic E-state index is 5.59. The predicted molar refractivity (Wildman–Crippen MR) is 86.6 cm³/mol. The second kappa shape index (κ2) is 5.13. The fourth-order valence-electron chi connectivity index (χ4n) is 3.81. The first kappa shape index (κ1) is 13.5. The van der Waals surface area contributed by atoms with E-state index < -0.39 is 0 Å². The molecule has 0 saturated heterocycles. The third kappa shape index (κ3) is 2.31. The second-order valence-electron chi connectivity index (χ2n) is 6.93. The Morgan fingerprint density at radius 3 is 2.50 bits per heavy atom. The molecule has 0 aromatic heterocycles. The Morgan fingerprint density at radius 2 is 1.80 bits per heavy atom. The van der Waals surface area contributed by atoms with E-state index in [9.17, 15) is 0 Å². The maximum absolute atomic E-state index is 5.59. The van der Waals surface area contributed by atoms with Crippen molar-refractivity contribution in [1.82, 2.24) is 0 Å². The van der Waals surface area contributed by atoms with E-state index in [-0.39, 0.29) is 5.41 Å². The number of hydrogen-bond donors (Lipinski definition) is 0. The van der Waals surface area contributed by atoms with E-state index in [1.165, 1.54) is 56.1 Å². The standard InChI is InChI=1S/C20H24/c1-4-15-10-11-18-17(16-8-6-5-7-9-16)12-13-20(2,3)19(18)14-15/h1,10-11,14H,5-9,12-13H2,2-3H3. The van der Waals surface area contributed by atoms with Crippen molar-refractivity contribution in [2.75, 3.05) is 0 Å². The van der Waals surface area contributed by atoms with Crippen LogP contribution in [0.4, 0.5) is 0 Å². The molecule has 0 aliphatic heterocycles. The van der Waals surface area contributed by atoms with Gasteiger partial charge in [-0.25, -0.2) is 0 Å². The summed E-state index contributed by atoms with van der Waals surface area (Å²) in [7, 11) is 0. The Hall–Kier alpha value is -1.48. The highest BCUT2D eigenvalue weighted by Gasteiger charge is 2.31. The van der Waals surface area contributed by atoms with Crippen LogP contribution >= 0.6 is 0 Å². The van der Waals surface area contributed by atoms with Crippen LogP contribution in [0.5, 0.6) is 0 Å². The van der Waals surface area contributed by atoms with E-state index >= 15 is 0 Å². The summed E-state index contributed by atoms with van der Waals surface area (Å²) in [6.07, 6.45) is 14.9. The normalized spacial score (nSPS) is 21.2. The Kier molecular flexibility index (Phi) is 3.47. The van der Waals surface area contributed by atoms with Gasteiger partial charge in [0, 0.05) is 5.56 Å². The Balaban J connectivity index is 2.13. The summed E-state index contributed by atoms with van der Waals surface area (Å²) >= 11 is 0. The highest BCUT2D eigenvalue weighted by molar-refractivity contribution is 5.75. The third-order valence-electron chi connectivity index (χ3n) is 5.12. The molecule has 1 aromatic rings. The first-order valence-electron chi connectivity index (χ1n) is 7.94. The smallest absolute Gasteiger partial charge is 0.0245 e. The van der Waals surface area contributed by atoms with Crippen molar-refractivity contribution in [2.24, 2.45) is 0 Å². The van der Waals surface area contributed by atoms with Crippen molar-refractivity contribution < 1.29 is 0 Å². The van der Waals surface area contributed by atoms with Crippen LogP contribution in [0, 0.1) is 12.3 Å². The molecule has 0 bridgehead atoms. The van der Waals surface area contributed by atoms with Crippen LogP contribution in [-0.2, 0) is 5.41 Å². The summed E-state index contributed by atoms with van der Waals surface area (Å²) in [4.78, 5) is 0. The minimum Gasteiger partial charge on any atom is -0.115 e. The quantitative estimate of drug-likeness (QED) is 0.546. The summed E-state index contributed by atoms with van der Waals surface area (Å²) in [5.41, 5.74) is 7.58. The van der Waals surface area contributed by atoms with E-state index in [1.54, 1.807) is 11.1 Å². The Labute approximate surface area is 123 Å². The lowest BCUT2D eigenvalue weighted by atomic mass is 9.69. The molecular weight excluding hydrogens is 240 g/mol. The zero-order chi connectivity index (χ0) is 14.2. The van der Waals surface area contributed by atoms with Crippen LogP contribution in [0.25, 0.3) is 5.57 Å². The Morgan fingerprint density at radius 1 is 1.05 bits per heavy atom. The fourth-order valence-corrected chi connectivity index (χ4v) is 3.81. The molecule has 20 heavy (non-hydrogen) atoms. The van der Waals surface area contributed by atoms with E-state index in [2.05, 4.69) is 38.0 Å². The van der Waals surface area contributed by atoms with E-state index in [0.29, 0.717) is 0 Å². The van der Waals surface area contributed by atoms with Gasteiger partial charge in [0.1, 0.15) is 0 Å². The molecule has 1 aromatic carbocycles. The van der Waals surface area contributed by atoms with Crippen molar-refractivity contribution in [3.05, 3.63) is 40.5 Å². The number of fused-ring (bicyclic) bond motifs is 1. The van der Waals surface area contributed by atoms with E-state index in [4.69, 9.17) is 6.42 Å². The Bertz CT molecular complexity index is 585. The highest BCUT2D eigenvalue weighted by atomic mass is 14.3. The molecule has 1 saturated carbocycles. The monoisotopic (exact) mass is 264 g/mol. The van der Waals surface area contributed by atoms with Crippen LogP contribution in [0.15, 0.2) is 23.8 Å². The lowest BCUT2D eigenvalue weighted by Crippen LogP contribution is -2.24. The van der Waals surface area contributed by atoms with Crippen molar-refractivity contribution >= 4 is 5.57 Å². The maximum Gasteiger partial charge on any atom is 0.0245 e. The number of rotatable bonds is 0. The minimum absolute atomic E-state index is 0.251. The van der Waals surface area contributed by atoms with Gasteiger partial charge in [0.15, 0.2) is 0 Å². The SMILES string of the molecule is C#Cc1ccc2c(c1)C(C)(C)CCC2=C1CCCCC1.